The molecule has 0 amide bonds. The Bertz CT molecular complexity index is 275. The third kappa shape index (κ3) is 6.88. The lowest BCUT2D eigenvalue weighted by Gasteiger charge is -2.21. The molecule has 0 aliphatic rings. The van der Waals surface area contributed by atoms with Crippen molar-refractivity contribution in [2.75, 3.05) is 7.05 Å². The van der Waals surface area contributed by atoms with E-state index in [4.69, 9.17) is 0 Å². The van der Waals surface area contributed by atoms with Crippen molar-refractivity contribution in [3.8, 4) is 0 Å². The van der Waals surface area contributed by atoms with E-state index in [0.717, 1.165) is 0 Å². The SMILES string of the molecule is CN=NN=NC(=NC(C)(C)C)C(C)(C)C. The lowest BCUT2D eigenvalue weighted by atomic mass is 9.94. The van der Waals surface area contributed by atoms with Crippen LogP contribution in [0, 0.1) is 5.41 Å². The lowest BCUT2D eigenvalue weighted by Crippen LogP contribution is -2.23. The summed E-state index contributed by atoms with van der Waals surface area (Å²) < 4.78 is 0. The highest BCUT2D eigenvalue weighted by atomic mass is 15.5. The maximum atomic E-state index is 4.51. The Morgan fingerprint density at radius 1 is 0.867 bits per heavy atom. The zero-order valence-corrected chi connectivity index (χ0v) is 10.7. The van der Waals surface area contributed by atoms with Gasteiger partial charge in [0.05, 0.1) is 12.6 Å². The molecule has 0 aliphatic heterocycles. The minimum atomic E-state index is -0.162. The number of aliphatic imine (C=N–C) groups is 1. The standard InChI is InChI=1S/C10H21N5/c1-9(2,3)8(12-10(4,5)6)13-15-14-11-7/h1-7H3. The van der Waals surface area contributed by atoms with E-state index in [2.05, 4.69) is 25.7 Å². The average molecular weight is 211 g/mol. The van der Waals surface area contributed by atoms with Crippen LogP contribution in [0.4, 0.5) is 0 Å². The van der Waals surface area contributed by atoms with Gasteiger partial charge in [-0.1, -0.05) is 20.8 Å². The van der Waals surface area contributed by atoms with Crippen LogP contribution in [0.5, 0.6) is 0 Å². The molecule has 0 saturated heterocycles. The first kappa shape index (κ1) is 13.9. The Kier molecular flexibility index (Phi) is 4.71. The summed E-state index contributed by atoms with van der Waals surface area (Å²) >= 11 is 0. The van der Waals surface area contributed by atoms with Crippen LogP contribution < -0.4 is 0 Å². The summed E-state index contributed by atoms with van der Waals surface area (Å²) in [6.45, 7) is 12.2. The van der Waals surface area contributed by atoms with E-state index in [-0.39, 0.29) is 11.0 Å². The molecule has 0 bridgehead atoms. The van der Waals surface area contributed by atoms with Gasteiger partial charge in [0.25, 0.3) is 0 Å². The Balaban J connectivity index is 5.01. The quantitative estimate of drug-likeness (QED) is 0.275. The first-order valence-electron chi connectivity index (χ1n) is 4.97. The van der Waals surface area contributed by atoms with Crippen molar-refractivity contribution in [3.05, 3.63) is 0 Å². The van der Waals surface area contributed by atoms with Crippen LogP contribution in [0.1, 0.15) is 41.5 Å². The van der Waals surface area contributed by atoms with Gasteiger partial charge in [-0.25, -0.2) is 0 Å². The van der Waals surface area contributed by atoms with Gasteiger partial charge in [0.2, 0.25) is 0 Å². The maximum absolute atomic E-state index is 4.51. The molecule has 86 valence electrons. The predicted molar refractivity (Wildman–Crippen MR) is 62.3 cm³/mol. The summed E-state index contributed by atoms with van der Waals surface area (Å²) in [4.78, 5) is 4.51. The number of amidine groups is 1. The van der Waals surface area contributed by atoms with Crippen LogP contribution in [-0.2, 0) is 0 Å². The highest BCUT2D eigenvalue weighted by Gasteiger charge is 2.22. The van der Waals surface area contributed by atoms with E-state index < -0.39 is 0 Å². The van der Waals surface area contributed by atoms with Crippen LogP contribution >= 0.6 is 0 Å². The van der Waals surface area contributed by atoms with E-state index in [1.54, 1.807) is 7.05 Å². The minimum absolute atomic E-state index is 0.139. The summed E-state index contributed by atoms with van der Waals surface area (Å²) in [7, 11) is 1.55. The van der Waals surface area contributed by atoms with Crippen LogP contribution in [0.2, 0.25) is 0 Å². The summed E-state index contributed by atoms with van der Waals surface area (Å²) in [5.41, 5.74) is -0.301. The van der Waals surface area contributed by atoms with Crippen LogP contribution in [-0.4, -0.2) is 18.4 Å². The van der Waals surface area contributed by atoms with Gasteiger partial charge in [-0.3, -0.25) is 4.99 Å². The molecular formula is C10H21N5. The van der Waals surface area contributed by atoms with Gasteiger partial charge in [0, 0.05) is 5.41 Å². The van der Waals surface area contributed by atoms with Crippen molar-refractivity contribution in [2.45, 2.75) is 47.1 Å². The van der Waals surface area contributed by atoms with Crippen molar-refractivity contribution < 1.29 is 0 Å². The highest BCUT2D eigenvalue weighted by Crippen LogP contribution is 2.21. The van der Waals surface area contributed by atoms with Gasteiger partial charge in [0.15, 0.2) is 5.84 Å². The fourth-order valence-corrected chi connectivity index (χ4v) is 0.760. The van der Waals surface area contributed by atoms with Crippen molar-refractivity contribution >= 4 is 5.84 Å². The zero-order valence-electron chi connectivity index (χ0n) is 10.7. The van der Waals surface area contributed by atoms with Crippen molar-refractivity contribution in [1.29, 1.82) is 0 Å². The van der Waals surface area contributed by atoms with Crippen molar-refractivity contribution in [3.63, 3.8) is 0 Å². The average Bonchev–Trinajstić information content (AvgIpc) is 1.99. The molecule has 0 aliphatic carbocycles. The molecule has 0 rings (SSSR count). The fraction of sp³-hybridized carbons (Fsp3) is 0.900. The molecule has 0 aromatic heterocycles. The van der Waals surface area contributed by atoms with E-state index in [9.17, 15) is 0 Å². The summed E-state index contributed by atoms with van der Waals surface area (Å²) in [5, 5.41) is 14.5. The number of hydrogen-bond donors (Lipinski definition) is 0. The van der Waals surface area contributed by atoms with Gasteiger partial charge in [-0.2, -0.15) is 5.11 Å². The first-order chi connectivity index (χ1) is 6.67. The lowest BCUT2D eigenvalue weighted by molar-refractivity contribution is 0.532. The third-order valence-corrected chi connectivity index (χ3v) is 1.38. The number of rotatable bonds is 1. The Labute approximate surface area is 91.8 Å². The largest absolute Gasteiger partial charge is 0.263 e. The first-order valence-corrected chi connectivity index (χ1v) is 4.97. The fourth-order valence-electron chi connectivity index (χ4n) is 0.760. The second-order valence-corrected chi connectivity index (χ2v) is 5.34. The molecule has 5 heteroatoms. The molecular weight excluding hydrogens is 190 g/mol. The van der Waals surface area contributed by atoms with Gasteiger partial charge in [-0.15, -0.1) is 5.11 Å². The summed E-state index contributed by atoms with van der Waals surface area (Å²) in [5.74, 6) is 0.683. The van der Waals surface area contributed by atoms with Crippen LogP contribution in [0.25, 0.3) is 0 Å². The number of hydrogen-bond acceptors (Lipinski definition) is 2. The summed E-state index contributed by atoms with van der Waals surface area (Å²) in [6.07, 6.45) is 0. The molecule has 0 N–H and O–H groups in total. The second-order valence-electron chi connectivity index (χ2n) is 5.34. The van der Waals surface area contributed by atoms with Gasteiger partial charge >= 0.3 is 0 Å². The second kappa shape index (κ2) is 5.09. The van der Waals surface area contributed by atoms with E-state index in [1.165, 1.54) is 0 Å². The molecule has 0 fully saturated rings. The van der Waals surface area contributed by atoms with Gasteiger partial charge < -0.3 is 0 Å². The zero-order chi connectivity index (χ0) is 12.1. The van der Waals surface area contributed by atoms with E-state index in [1.807, 2.05) is 41.5 Å². The summed E-state index contributed by atoms with van der Waals surface area (Å²) in [6, 6.07) is 0. The van der Waals surface area contributed by atoms with Crippen molar-refractivity contribution in [1.82, 2.24) is 0 Å². The predicted octanol–water partition coefficient (Wildman–Crippen LogP) is 3.68. The normalized spacial score (nSPS) is 15.5. The van der Waals surface area contributed by atoms with E-state index in [0.29, 0.717) is 5.84 Å². The Morgan fingerprint density at radius 2 is 1.40 bits per heavy atom. The molecule has 0 aromatic rings. The molecule has 0 saturated carbocycles. The molecule has 0 aromatic carbocycles. The van der Waals surface area contributed by atoms with Crippen LogP contribution in [0.3, 0.4) is 0 Å². The number of nitrogens with zero attached hydrogens (tertiary/aromatic N) is 5. The molecule has 0 heterocycles. The highest BCUT2D eigenvalue weighted by molar-refractivity contribution is 5.87. The third-order valence-electron chi connectivity index (χ3n) is 1.38. The Hall–Kier alpha value is -1.13. The smallest absolute Gasteiger partial charge is 0.154 e. The maximum Gasteiger partial charge on any atom is 0.154 e. The molecule has 15 heavy (non-hydrogen) atoms. The van der Waals surface area contributed by atoms with Crippen molar-refractivity contribution in [2.24, 2.45) is 31.1 Å². The van der Waals surface area contributed by atoms with Gasteiger partial charge in [-0.05, 0) is 31.2 Å². The monoisotopic (exact) mass is 211 g/mol. The minimum Gasteiger partial charge on any atom is -0.263 e. The molecule has 0 radical (unpaired) electrons. The molecule has 5 nitrogen and oxygen atoms in total. The molecule has 0 spiro atoms. The molecule has 0 unspecified atom stereocenters. The van der Waals surface area contributed by atoms with Gasteiger partial charge in [0.1, 0.15) is 0 Å². The Morgan fingerprint density at radius 3 is 1.73 bits per heavy atom. The molecule has 0 atom stereocenters. The van der Waals surface area contributed by atoms with E-state index >= 15 is 0 Å². The topological polar surface area (TPSA) is 61.8 Å². The van der Waals surface area contributed by atoms with Crippen LogP contribution in [0.15, 0.2) is 25.7 Å².